The summed E-state index contributed by atoms with van der Waals surface area (Å²) in [5.74, 6) is -0.605. The molecule has 0 aliphatic heterocycles. The number of rotatable bonds is 5. The van der Waals surface area contributed by atoms with E-state index in [0.717, 1.165) is 17.7 Å². The summed E-state index contributed by atoms with van der Waals surface area (Å²) in [7, 11) is 0. The highest BCUT2D eigenvalue weighted by Crippen LogP contribution is 2.39. The summed E-state index contributed by atoms with van der Waals surface area (Å²) in [6, 6.07) is 13.7. The van der Waals surface area contributed by atoms with Crippen molar-refractivity contribution in [2.24, 2.45) is 5.73 Å². The number of hydrogen-bond donors (Lipinski definition) is 3. The van der Waals surface area contributed by atoms with Crippen LogP contribution < -0.4 is 5.73 Å². The van der Waals surface area contributed by atoms with Gasteiger partial charge in [-0.3, -0.25) is 4.79 Å². The molecule has 0 aliphatic rings. The molecule has 0 spiro atoms. The minimum Gasteiger partial charge on any atom is -0.459 e. The van der Waals surface area contributed by atoms with E-state index in [1.807, 2.05) is 30.3 Å². The number of benzene rings is 2. The minimum atomic E-state index is -4.39. The second-order valence-corrected chi connectivity index (χ2v) is 8.59. The minimum absolute atomic E-state index is 0.0821. The summed E-state index contributed by atoms with van der Waals surface area (Å²) in [6.07, 6.45) is -4.31. The van der Waals surface area contributed by atoms with Gasteiger partial charge >= 0.3 is 19.1 Å². The Hall–Kier alpha value is -1.90. The van der Waals surface area contributed by atoms with E-state index in [1.165, 1.54) is 19.1 Å². The maximum Gasteiger partial charge on any atom is 0.419 e. The van der Waals surface area contributed by atoms with E-state index >= 15 is 0 Å². The smallest absolute Gasteiger partial charge is 0.419 e. The van der Waals surface area contributed by atoms with Crippen molar-refractivity contribution in [2.75, 3.05) is 0 Å². The Morgan fingerprint density at radius 1 is 1.07 bits per heavy atom. The van der Waals surface area contributed by atoms with Crippen molar-refractivity contribution in [1.82, 2.24) is 0 Å². The van der Waals surface area contributed by atoms with Gasteiger partial charge in [0.25, 0.3) is 0 Å². The first-order valence-corrected chi connectivity index (χ1v) is 10.6. The molecule has 11 heteroatoms. The zero-order chi connectivity index (χ0) is 22.3. The monoisotopic (exact) mass is 453 g/mol. The van der Waals surface area contributed by atoms with E-state index in [9.17, 15) is 18.0 Å². The predicted molar refractivity (Wildman–Crippen MR) is 102 cm³/mol. The molecular formula is C18H20ClF3NO5P. The van der Waals surface area contributed by atoms with Crippen LogP contribution in [0, 0.1) is 0 Å². The first-order valence-electron chi connectivity index (χ1n) is 8.10. The van der Waals surface area contributed by atoms with Crippen LogP contribution in [0.25, 0.3) is 0 Å². The Morgan fingerprint density at radius 2 is 1.55 bits per heavy atom. The fourth-order valence-corrected chi connectivity index (χ4v) is 2.20. The second-order valence-electron chi connectivity index (χ2n) is 6.32. The molecule has 0 radical (unpaired) electrons. The van der Waals surface area contributed by atoms with Crippen molar-refractivity contribution < 1.29 is 37.1 Å². The lowest BCUT2D eigenvalue weighted by molar-refractivity contribution is -0.150. The Kier molecular flexibility index (Phi) is 8.86. The van der Waals surface area contributed by atoms with Crippen LogP contribution in [0.4, 0.5) is 13.2 Å². The number of carbonyl (C=O) groups is 1. The van der Waals surface area contributed by atoms with Gasteiger partial charge in [0.1, 0.15) is 12.1 Å². The van der Waals surface area contributed by atoms with Crippen molar-refractivity contribution in [2.45, 2.75) is 31.7 Å². The molecule has 1 unspecified atom stereocenters. The molecule has 0 saturated heterocycles. The van der Waals surface area contributed by atoms with E-state index in [-0.39, 0.29) is 13.0 Å². The third-order valence-electron chi connectivity index (χ3n) is 3.53. The number of hydrogen-bond acceptors (Lipinski definition) is 4. The molecule has 160 valence electrons. The van der Waals surface area contributed by atoms with Gasteiger partial charge in [-0.05, 0) is 30.2 Å². The molecule has 2 rings (SSSR count). The van der Waals surface area contributed by atoms with Crippen LogP contribution in [0.5, 0.6) is 0 Å². The van der Waals surface area contributed by atoms with Crippen LogP contribution in [0.3, 0.4) is 0 Å². The van der Waals surface area contributed by atoms with Gasteiger partial charge in [-0.25, -0.2) is 4.57 Å². The maximum absolute atomic E-state index is 12.5. The highest BCUT2D eigenvalue weighted by Gasteiger charge is 2.32. The first-order chi connectivity index (χ1) is 13.2. The molecule has 0 heterocycles. The molecule has 0 bridgehead atoms. The standard InChI is InChI=1S/C18H18F3NO2.ClH2O3P/c1-17(22,16(23)24-12-14-5-3-2-4-6-14)11-13-7-9-15(10-8-13)18(19,20)21;1-5(2,3)4/h2-10H,11-12,22H2,1H3;(H2,2,3,4). The predicted octanol–water partition coefficient (Wildman–Crippen LogP) is 4.03. The van der Waals surface area contributed by atoms with Gasteiger partial charge in [0.15, 0.2) is 0 Å². The van der Waals surface area contributed by atoms with Crippen molar-refractivity contribution >= 4 is 24.2 Å². The molecule has 0 amide bonds. The van der Waals surface area contributed by atoms with Gasteiger partial charge in [-0.2, -0.15) is 13.2 Å². The van der Waals surface area contributed by atoms with Gasteiger partial charge in [0.05, 0.1) is 5.56 Å². The molecule has 6 nitrogen and oxygen atoms in total. The highest BCUT2D eigenvalue weighted by molar-refractivity contribution is 7.79. The van der Waals surface area contributed by atoms with Crippen molar-refractivity contribution in [3.8, 4) is 0 Å². The van der Waals surface area contributed by atoms with Crippen molar-refractivity contribution in [3.05, 3.63) is 71.3 Å². The highest BCUT2D eigenvalue weighted by atomic mass is 35.7. The van der Waals surface area contributed by atoms with E-state index in [2.05, 4.69) is 11.2 Å². The van der Waals surface area contributed by atoms with E-state index in [4.69, 9.17) is 24.8 Å². The molecular weight excluding hydrogens is 434 g/mol. The third kappa shape index (κ3) is 10.4. The van der Waals surface area contributed by atoms with Crippen LogP contribution in [-0.4, -0.2) is 21.3 Å². The van der Waals surface area contributed by atoms with Crippen molar-refractivity contribution in [3.63, 3.8) is 0 Å². The Balaban J connectivity index is 0.000000749. The maximum atomic E-state index is 12.5. The van der Waals surface area contributed by atoms with Gasteiger partial charge in [0.2, 0.25) is 0 Å². The van der Waals surface area contributed by atoms with Crippen LogP contribution >= 0.6 is 18.2 Å². The van der Waals surface area contributed by atoms with E-state index in [0.29, 0.717) is 5.56 Å². The fourth-order valence-electron chi connectivity index (χ4n) is 2.20. The molecule has 4 N–H and O–H groups in total. The third-order valence-corrected chi connectivity index (χ3v) is 3.53. The second kappa shape index (κ2) is 10.2. The van der Waals surface area contributed by atoms with Crippen LogP contribution in [0.1, 0.15) is 23.6 Å². The molecule has 1 atom stereocenters. The van der Waals surface area contributed by atoms with Crippen LogP contribution in [0.2, 0.25) is 0 Å². The molecule has 0 aromatic heterocycles. The number of halogens is 4. The molecule has 2 aromatic rings. The number of nitrogens with two attached hydrogens (primary N) is 1. The zero-order valence-corrected chi connectivity index (χ0v) is 16.9. The number of carbonyl (C=O) groups excluding carboxylic acids is 1. The summed E-state index contributed by atoms with van der Waals surface area (Å²) in [6.45, 7) is -2.57. The Morgan fingerprint density at radius 3 is 2.00 bits per heavy atom. The SMILES string of the molecule is CC(N)(Cc1ccc(C(F)(F)F)cc1)C(=O)OCc1ccccc1.O=P(O)(O)Cl. The lowest BCUT2D eigenvalue weighted by atomic mass is 9.93. The molecule has 0 fully saturated rings. The largest absolute Gasteiger partial charge is 0.459 e. The van der Waals surface area contributed by atoms with Gasteiger partial charge < -0.3 is 20.3 Å². The molecule has 29 heavy (non-hydrogen) atoms. The Labute approximate surface area is 170 Å². The Bertz CT molecular complexity index is 831. The van der Waals surface area contributed by atoms with E-state index in [1.54, 1.807) is 0 Å². The average Bonchev–Trinajstić information content (AvgIpc) is 2.58. The number of ether oxygens (including phenoxy) is 1. The summed E-state index contributed by atoms with van der Waals surface area (Å²) < 4.78 is 51.9. The van der Waals surface area contributed by atoms with Crippen LogP contribution in [0.15, 0.2) is 54.6 Å². The summed E-state index contributed by atoms with van der Waals surface area (Å²) in [5.41, 5.74) is 5.28. The van der Waals surface area contributed by atoms with Crippen LogP contribution in [-0.2, 0) is 33.3 Å². The molecule has 0 saturated carbocycles. The first kappa shape index (κ1) is 25.1. The topological polar surface area (TPSA) is 110 Å². The lowest BCUT2D eigenvalue weighted by Crippen LogP contribution is -2.48. The molecule has 0 aliphatic carbocycles. The van der Waals surface area contributed by atoms with Crippen molar-refractivity contribution in [1.29, 1.82) is 0 Å². The normalized spacial score (nSPS) is 13.7. The quantitative estimate of drug-likeness (QED) is 0.466. The van der Waals surface area contributed by atoms with E-state index < -0.39 is 30.2 Å². The number of esters is 1. The summed E-state index contributed by atoms with van der Waals surface area (Å²) >= 11 is 4.20. The zero-order valence-electron chi connectivity index (χ0n) is 15.3. The summed E-state index contributed by atoms with van der Waals surface area (Å²) in [4.78, 5) is 26.9. The number of alkyl halides is 3. The fraction of sp³-hybridized carbons (Fsp3) is 0.278. The van der Waals surface area contributed by atoms with Gasteiger partial charge in [-0.1, -0.05) is 42.5 Å². The lowest BCUT2D eigenvalue weighted by Gasteiger charge is -2.23. The molecule has 2 aromatic carbocycles. The van der Waals surface area contributed by atoms with Gasteiger partial charge in [0, 0.05) is 17.7 Å². The van der Waals surface area contributed by atoms with Gasteiger partial charge in [-0.15, -0.1) is 0 Å². The average molecular weight is 454 g/mol. The summed E-state index contributed by atoms with van der Waals surface area (Å²) in [5, 5.41) is 0.